The van der Waals surface area contributed by atoms with Gasteiger partial charge in [0.15, 0.2) is 0 Å². The van der Waals surface area contributed by atoms with E-state index in [4.69, 9.17) is 0 Å². The average Bonchev–Trinajstić information content (AvgIpc) is 3.28. The van der Waals surface area contributed by atoms with Gasteiger partial charge < -0.3 is 4.90 Å². The van der Waals surface area contributed by atoms with Crippen LogP contribution in [0.3, 0.4) is 0 Å². The average molecular weight is 458 g/mol. The molecule has 1 amide bonds. The van der Waals surface area contributed by atoms with Gasteiger partial charge in [-0.3, -0.25) is 4.79 Å². The number of sulfonamides is 1. The fourth-order valence-corrected chi connectivity index (χ4v) is 5.62. The van der Waals surface area contributed by atoms with E-state index in [2.05, 4.69) is 10.1 Å². The predicted molar refractivity (Wildman–Crippen MR) is 118 cm³/mol. The topological polar surface area (TPSA) is 88.4 Å². The first-order chi connectivity index (χ1) is 14.9. The lowest BCUT2D eigenvalue weighted by molar-refractivity contribution is -0.131. The molecule has 0 bridgehead atoms. The molecule has 2 aromatic carbocycles. The van der Waals surface area contributed by atoms with Gasteiger partial charge in [-0.2, -0.15) is 4.31 Å². The second-order valence-corrected chi connectivity index (χ2v) is 10.4. The number of benzene rings is 2. The Balaban J connectivity index is 1.34. The van der Waals surface area contributed by atoms with Crippen molar-refractivity contribution in [2.45, 2.75) is 22.2 Å². The Morgan fingerprint density at radius 1 is 0.968 bits per heavy atom. The maximum atomic E-state index is 12.9. The maximum absolute atomic E-state index is 12.9. The molecule has 3 aromatic rings. The number of carbonyl (C=O) groups excluding carboxylic acids is 1. The van der Waals surface area contributed by atoms with Gasteiger partial charge in [0, 0.05) is 26.2 Å². The molecular formula is C21H23N5O3S2. The van der Waals surface area contributed by atoms with Crippen molar-refractivity contribution in [3.05, 3.63) is 67.0 Å². The lowest BCUT2D eigenvalue weighted by Gasteiger charge is -2.35. The summed E-state index contributed by atoms with van der Waals surface area (Å²) in [7, 11) is -3.54. The SMILES string of the molecule is CC(Sc1ncn(-c2ccccc2)n1)C(=O)N1CCN(S(=O)(=O)c2ccccc2)CC1. The van der Waals surface area contributed by atoms with Gasteiger partial charge in [-0.25, -0.2) is 18.1 Å². The van der Waals surface area contributed by atoms with Gasteiger partial charge in [0.1, 0.15) is 6.33 Å². The summed E-state index contributed by atoms with van der Waals surface area (Å²) in [6, 6.07) is 18.0. The standard InChI is InChI=1S/C21H23N5O3S2/c1-17(30-21-22-16-26(23-21)18-8-4-2-5-9-18)20(27)24-12-14-25(15-13-24)31(28,29)19-10-6-3-7-11-19/h2-11,16-17H,12-15H2,1H3. The Morgan fingerprint density at radius 2 is 1.58 bits per heavy atom. The quantitative estimate of drug-likeness (QED) is 0.528. The van der Waals surface area contributed by atoms with Crippen molar-refractivity contribution in [2.24, 2.45) is 0 Å². The van der Waals surface area contributed by atoms with E-state index in [0.717, 1.165) is 5.69 Å². The number of hydrogen-bond donors (Lipinski definition) is 0. The second kappa shape index (κ2) is 9.21. The Bertz CT molecular complexity index is 1130. The zero-order chi connectivity index (χ0) is 21.8. The first-order valence-corrected chi connectivity index (χ1v) is 12.2. The van der Waals surface area contributed by atoms with E-state index in [1.54, 1.807) is 46.2 Å². The molecule has 1 saturated heterocycles. The van der Waals surface area contributed by atoms with Crippen LogP contribution in [0.15, 0.2) is 77.0 Å². The van der Waals surface area contributed by atoms with E-state index in [1.807, 2.05) is 37.3 Å². The van der Waals surface area contributed by atoms with Crippen molar-refractivity contribution in [3.8, 4) is 5.69 Å². The van der Waals surface area contributed by atoms with E-state index in [9.17, 15) is 13.2 Å². The number of aromatic nitrogens is 3. The molecule has 2 heterocycles. The van der Waals surface area contributed by atoms with Gasteiger partial charge in [-0.05, 0) is 31.2 Å². The minimum absolute atomic E-state index is 0.0437. The number of carbonyl (C=O) groups is 1. The van der Waals surface area contributed by atoms with E-state index in [1.165, 1.54) is 16.1 Å². The molecule has 31 heavy (non-hydrogen) atoms. The summed E-state index contributed by atoms with van der Waals surface area (Å²) in [5.41, 5.74) is 0.900. The maximum Gasteiger partial charge on any atom is 0.243 e. The van der Waals surface area contributed by atoms with Crippen LogP contribution < -0.4 is 0 Å². The fraction of sp³-hybridized carbons (Fsp3) is 0.286. The fourth-order valence-electron chi connectivity index (χ4n) is 3.36. The number of hydrogen-bond acceptors (Lipinski definition) is 6. The number of thioether (sulfide) groups is 1. The largest absolute Gasteiger partial charge is 0.339 e. The first-order valence-electron chi connectivity index (χ1n) is 9.93. The third-order valence-electron chi connectivity index (χ3n) is 5.05. The summed E-state index contributed by atoms with van der Waals surface area (Å²) in [4.78, 5) is 19.2. The van der Waals surface area contributed by atoms with Crippen LogP contribution in [0.4, 0.5) is 0 Å². The molecule has 1 aliphatic heterocycles. The molecular weight excluding hydrogens is 434 g/mol. The molecule has 1 atom stereocenters. The van der Waals surface area contributed by atoms with Crippen molar-refractivity contribution in [3.63, 3.8) is 0 Å². The van der Waals surface area contributed by atoms with Crippen LogP contribution >= 0.6 is 11.8 Å². The number of para-hydroxylation sites is 1. The lowest BCUT2D eigenvalue weighted by Crippen LogP contribution is -2.52. The highest BCUT2D eigenvalue weighted by Gasteiger charge is 2.31. The molecule has 0 N–H and O–H groups in total. The van der Waals surface area contributed by atoms with Gasteiger partial charge in [0.25, 0.3) is 0 Å². The molecule has 0 spiro atoms. The molecule has 4 rings (SSSR count). The third kappa shape index (κ3) is 4.81. The summed E-state index contributed by atoms with van der Waals surface area (Å²) < 4.78 is 28.6. The van der Waals surface area contributed by atoms with Crippen molar-refractivity contribution in [1.29, 1.82) is 0 Å². The number of rotatable bonds is 6. The van der Waals surface area contributed by atoms with E-state index in [-0.39, 0.29) is 29.1 Å². The van der Waals surface area contributed by atoms with Crippen LogP contribution in [0.1, 0.15) is 6.92 Å². The minimum atomic E-state index is -3.54. The molecule has 1 unspecified atom stereocenters. The van der Waals surface area contributed by atoms with Crippen molar-refractivity contribution >= 4 is 27.7 Å². The summed E-state index contributed by atoms with van der Waals surface area (Å²) >= 11 is 1.30. The molecule has 1 aliphatic rings. The van der Waals surface area contributed by atoms with Crippen LogP contribution in [-0.2, 0) is 14.8 Å². The molecule has 0 radical (unpaired) electrons. The Hall–Kier alpha value is -2.69. The highest BCUT2D eigenvalue weighted by Crippen LogP contribution is 2.23. The Morgan fingerprint density at radius 3 is 2.23 bits per heavy atom. The normalized spacial score (nSPS) is 16.2. The summed E-state index contributed by atoms with van der Waals surface area (Å²) in [5, 5.41) is 4.59. The van der Waals surface area contributed by atoms with Gasteiger partial charge in [0.2, 0.25) is 21.1 Å². The molecule has 0 aliphatic carbocycles. The first kappa shape index (κ1) is 21.5. The third-order valence-corrected chi connectivity index (χ3v) is 7.92. The van der Waals surface area contributed by atoms with Crippen LogP contribution in [0.25, 0.3) is 5.69 Å². The number of nitrogens with zero attached hydrogens (tertiary/aromatic N) is 5. The van der Waals surface area contributed by atoms with Gasteiger partial charge in [-0.1, -0.05) is 48.2 Å². The number of piperazine rings is 1. The molecule has 0 saturated carbocycles. The summed E-state index contributed by atoms with van der Waals surface area (Å²) in [5.74, 6) is -0.0437. The van der Waals surface area contributed by atoms with Gasteiger partial charge in [-0.15, -0.1) is 5.10 Å². The highest BCUT2D eigenvalue weighted by atomic mass is 32.2. The monoisotopic (exact) mass is 457 g/mol. The Labute approximate surface area is 185 Å². The van der Waals surface area contributed by atoms with Gasteiger partial charge in [0.05, 0.1) is 15.8 Å². The number of amides is 1. The zero-order valence-corrected chi connectivity index (χ0v) is 18.7. The molecule has 1 fully saturated rings. The Kier molecular flexibility index (Phi) is 6.40. The van der Waals surface area contributed by atoms with Crippen molar-refractivity contribution < 1.29 is 13.2 Å². The van der Waals surface area contributed by atoms with Crippen LogP contribution in [0.2, 0.25) is 0 Å². The summed E-state index contributed by atoms with van der Waals surface area (Å²) in [6.45, 7) is 3.11. The van der Waals surface area contributed by atoms with Crippen LogP contribution in [-0.4, -0.2) is 69.7 Å². The smallest absolute Gasteiger partial charge is 0.243 e. The van der Waals surface area contributed by atoms with E-state index in [0.29, 0.717) is 18.2 Å². The van der Waals surface area contributed by atoms with Crippen molar-refractivity contribution in [2.75, 3.05) is 26.2 Å². The summed E-state index contributed by atoms with van der Waals surface area (Å²) in [6.07, 6.45) is 1.63. The van der Waals surface area contributed by atoms with E-state index >= 15 is 0 Å². The van der Waals surface area contributed by atoms with Crippen LogP contribution in [0, 0.1) is 0 Å². The predicted octanol–water partition coefficient (Wildman–Crippen LogP) is 2.28. The molecule has 162 valence electrons. The lowest BCUT2D eigenvalue weighted by atomic mass is 10.3. The second-order valence-electron chi connectivity index (χ2n) is 7.11. The molecule has 8 nitrogen and oxygen atoms in total. The molecule has 1 aromatic heterocycles. The van der Waals surface area contributed by atoms with E-state index < -0.39 is 10.0 Å². The zero-order valence-electron chi connectivity index (χ0n) is 17.0. The highest BCUT2D eigenvalue weighted by molar-refractivity contribution is 8.00. The minimum Gasteiger partial charge on any atom is -0.339 e. The van der Waals surface area contributed by atoms with Crippen molar-refractivity contribution in [1.82, 2.24) is 24.0 Å². The molecule has 10 heteroatoms. The van der Waals surface area contributed by atoms with Gasteiger partial charge >= 0.3 is 0 Å². The van der Waals surface area contributed by atoms with Crippen LogP contribution in [0.5, 0.6) is 0 Å².